The smallest absolute Gasteiger partial charge is 0.329 e. The van der Waals surface area contributed by atoms with Gasteiger partial charge >= 0.3 is 6.03 Å². The number of nitrogens with zero attached hydrogens (tertiary/aromatic N) is 9. The van der Waals surface area contributed by atoms with Gasteiger partial charge in [0.25, 0.3) is 0 Å². The molecule has 5 aliphatic rings. The van der Waals surface area contributed by atoms with Crippen LogP contribution in [0.1, 0.15) is 44.9 Å². The second kappa shape index (κ2) is 15.3. The van der Waals surface area contributed by atoms with E-state index < -0.39 is 17.0 Å². The van der Waals surface area contributed by atoms with Crippen molar-refractivity contribution in [1.29, 1.82) is 0 Å². The minimum Gasteiger partial charge on any atom is -0.371 e. The standard InChI is InChI=1S/C39H48ClN11O3S/c1-46-35-20-30(7-8-34(35)37(45-46)50-18-13-36(52)44-39(50)53)47-14-9-26(10-15-47)23-51-31-5-6-32(51)25-48(24-31)29-3-2-4-33(19-29)55(54)49-16-11-28(12-17-49)43-38-41-21-27(40)22-42-38/h2-4,7-8,19-22,26,28,31-32H,5-6,9-18,23-25H2,1H3,(H,41,42,43)(H,44,52,53). The average Bonchev–Trinajstić information content (AvgIpc) is 3.64. The summed E-state index contributed by atoms with van der Waals surface area (Å²) >= 11 is 5.93. The van der Waals surface area contributed by atoms with Crippen LogP contribution < -0.4 is 25.3 Å². The molecular formula is C39H48ClN11O3S. The van der Waals surface area contributed by atoms with Crippen LogP contribution in [0.25, 0.3) is 10.9 Å². The highest BCUT2D eigenvalue weighted by Crippen LogP contribution is 2.37. The van der Waals surface area contributed by atoms with Gasteiger partial charge in [0.15, 0.2) is 5.82 Å². The van der Waals surface area contributed by atoms with E-state index in [4.69, 9.17) is 11.6 Å². The topological polar surface area (TPSA) is 135 Å². The molecule has 5 aliphatic heterocycles. The minimum atomic E-state index is -1.21. The molecule has 2 aromatic carbocycles. The first-order valence-electron chi connectivity index (χ1n) is 19.6. The van der Waals surface area contributed by atoms with Crippen LogP contribution in [0.2, 0.25) is 5.02 Å². The fourth-order valence-corrected chi connectivity index (χ4v) is 10.6. The molecule has 14 nitrogen and oxygen atoms in total. The monoisotopic (exact) mass is 785 g/mol. The summed E-state index contributed by atoms with van der Waals surface area (Å²) in [6, 6.07) is 15.7. The van der Waals surface area contributed by atoms with Crippen LogP contribution in [-0.4, -0.2) is 116 Å². The third-order valence-corrected chi connectivity index (χ3v) is 13.9. The van der Waals surface area contributed by atoms with Gasteiger partial charge < -0.3 is 15.1 Å². The van der Waals surface area contributed by atoms with Crippen LogP contribution in [-0.2, 0) is 22.8 Å². The molecule has 3 atom stereocenters. The van der Waals surface area contributed by atoms with Gasteiger partial charge in [0.1, 0.15) is 11.0 Å². The van der Waals surface area contributed by atoms with Crippen molar-refractivity contribution in [3.8, 4) is 0 Å². The summed E-state index contributed by atoms with van der Waals surface area (Å²) in [6.07, 6.45) is 10.00. The minimum absolute atomic E-state index is 0.241. The first kappa shape index (κ1) is 36.3. The van der Waals surface area contributed by atoms with Gasteiger partial charge in [-0.3, -0.25) is 24.6 Å². The third-order valence-electron chi connectivity index (χ3n) is 12.2. The van der Waals surface area contributed by atoms with Crippen molar-refractivity contribution < 1.29 is 13.8 Å². The molecule has 2 bridgehead atoms. The average molecular weight is 786 g/mol. The summed E-state index contributed by atoms with van der Waals surface area (Å²) in [7, 11) is 0.701. The largest absolute Gasteiger partial charge is 0.371 e. The molecule has 3 amide bonds. The van der Waals surface area contributed by atoms with E-state index in [2.05, 4.69) is 81.1 Å². The van der Waals surface area contributed by atoms with Crippen molar-refractivity contribution in [3.63, 3.8) is 0 Å². The van der Waals surface area contributed by atoms with E-state index in [-0.39, 0.29) is 18.4 Å². The highest BCUT2D eigenvalue weighted by atomic mass is 35.5. The maximum Gasteiger partial charge on any atom is 0.329 e. The molecule has 4 aromatic rings. The number of hydrogen-bond donors (Lipinski definition) is 2. The quantitative estimate of drug-likeness (QED) is 0.248. The Bertz CT molecular complexity index is 2070. The summed E-state index contributed by atoms with van der Waals surface area (Å²) in [4.78, 5) is 43.0. The van der Waals surface area contributed by atoms with Gasteiger partial charge in [0.2, 0.25) is 11.9 Å². The van der Waals surface area contributed by atoms with Gasteiger partial charge in [-0.05, 0) is 80.8 Å². The van der Waals surface area contributed by atoms with Crippen LogP contribution in [0.3, 0.4) is 0 Å². The second-order valence-electron chi connectivity index (χ2n) is 15.6. The molecule has 0 aliphatic carbocycles. The van der Waals surface area contributed by atoms with Crippen molar-refractivity contribution in [2.75, 3.05) is 72.4 Å². The molecule has 0 radical (unpaired) electrons. The van der Waals surface area contributed by atoms with E-state index in [1.807, 2.05) is 17.8 Å². The maximum absolute atomic E-state index is 13.7. The van der Waals surface area contributed by atoms with Crippen molar-refractivity contribution >= 4 is 68.6 Å². The van der Waals surface area contributed by atoms with Crippen LogP contribution in [0, 0.1) is 5.92 Å². The molecule has 0 saturated carbocycles. The number of imide groups is 1. The Morgan fingerprint density at radius 3 is 2.33 bits per heavy atom. The highest BCUT2D eigenvalue weighted by molar-refractivity contribution is 7.82. The number of hydrogen-bond acceptors (Lipinski definition) is 10. The molecule has 9 rings (SSSR count). The van der Waals surface area contributed by atoms with Crippen molar-refractivity contribution in [2.24, 2.45) is 13.0 Å². The zero-order valence-electron chi connectivity index (χ0n) is 31.1. The lowest BCUT2D eigenvalue weighted by molar-refractivity contribution is -0.120. The summed E-state index contributed by atoms with van der Waals surface area (Å²) in [5.41, 5.74) is 3.34. The van der Waals surface area contributed by atoms with E-state index in [0.29, 0.717) is 41.3 Å². The Hall–Kier alpha value is -4.31. The summed E-state index contributed by atoms with van der Waals surface area (Å²) in [5, 5.41) is 11.9. The number of rotatable bonds is 9. The third kappa shape index (κ3) is 7.51. The molecule has 16 heteroatoms. The van der Waals surface area contributed by atoms with Gasteiger partial charge in [-0.15, -0.1) is 0 Å². The van der Waals surface area contributed by atoms with Gasteiger partial charge in [-0.1, -0.05) is 17.7 Å². The van der Waals surface area contributed by atoms with E-state index in [1.165, 1.54) is 24.2 Å². The zero-order valence-corrected chi connectivity index (χ0v) is 32.7. The van der Waals surface area contributed by atoms with Crippen molar-refractivity contribution in [1.82, 2.24) is 34.3 Å². The Balaban J connectivity index is 0.772. The first-order valence-corrected chi connectivity index (χ1v) is 21.1. The number of aryl methyl sites for hydroxylation is 1. The molecule has 2 aromatic heterocycles. The van der Waals surface area contributed by atoms with E-state index in [0.717, 1.165) is 87.3 Å². The fourth-order valence-electron chi connectivity index (χ4n) is 9.23. The number of amides is 3. The molecular weight excluding hydrogens is 738 g/mol. The number of fused-ring (bicyclic) bond motifs is 3. The van der Waals surface area contributed by atoms with Gasteiger partial charge in [0.05, 0.1) is 27.8 Å². The van der Waals surface area contributed by atoms with Crippen molar-refractivity contribution in [2.45, 2.75) is 68.0 Å². The van der Waals surface area contributed by atoms with Gasteiger partial charge in [-0.2, -0.15) is 5.10 Å². The summed E-state index contributed by atoms with van der Waals surface area (Å²) in [6.45, 7) is 7.03. The lowest BCUT2D eigenvalue weighted by Crippen LogP contribution is -2.55. The maximum atomic E-state index is 13.7. The van der Waals surface area contributed by atoms with E-state index in [9.17, 15) is 13.8 Å². The normalized spacial score (nSPS) is 23.8. The Morgan fingerprint density at radius 1 is 0.873 bits per heavy atom. The van der Waals surface area contributed by atoms with Crippen LogP contribution in [0.15, 0.2) is 59.8 Å². The Labute approximate surface area is 328 Å². The number of piperidine rings is 2. The summed E-state index contributed by atoms with van der Waals surface area (Å²) < 4.78 is 17.7. The molecule has 5 fully saturated rings. The first-order chi connectivity index (χ1) is 26.8. The van der Waals surface area contributed by atoms with Gasteiger partial charge in [0, 0.05) is 101 Å². The number of carbonyl (C=O) groups is 2. The molecule has 5 saturated heterocycles. The fraction of sp³-hybridized carbons (Fsp3) is 0.513. The van der Waals surface area contributed by atoms with Crippen LogP contribution in [0.5, 0.6) is 0 Å². The van der Waals surface area contributed by atoms with Gasteiger partial charge in [-0.25, -0.2) is 23.3 Å². The number of nitrogens with one attached hydrogen (secondary N) is 2. The number of aromatic nitrogens is 4. The van der Waals surface area contributed by atoms with E-state index in [1.54, 1.807) is 17.3 Å². The lowest BCUT2D eigenvalue weighted by atomic mass is 9.94. The molecule has 2 N–H and O–H groups in total. The predicted octanol–water partition coefficient (Wildman–Crippen LogP) is 4.63. The number of anilines is 4. The second-order valence-corrected chi connectivity index (χ2v) is 17.6. The van der Waals surface area contributed by atoms with Crippen LogP contribution in [0.4, 0.5) is 27.9 Å². The highest BCUT2D eigenvalue weighted by Gasteiger charge is 2.41. The molecule has 290 valence electrons. The van der Waals surface area contributed by atoms with Crippen LogP contribution >= 0.6 is 11.6 Å². The number of urea groups is 1. The number of halogens is 1. The predicted molar refractivity (Wildman–Crippen MR) is 215 cm³/mol. The molecule has 7 heterocycles. The zero-order chi connectivity index (χ0) is 37.6. The Kier molecular flexibility index (Phi) is 10.1. The molecule has 55 heavy (non-hydrogen) atoms. The Morgan fingerprint density at radius 2 is 1.60 bits per heavy atom. The van der Waals surface area contributed by atoms with Crippen molar-refractivity contribution in [3.05, 3.63) is 59.9 Å². The number of benzene rings is 2. The molecule has 3 unspecified atom stereocenters. The number of carbonyl (C=O) groups excluding carboxylic acids is 2. The summed E-state index contributed by atoms with van der Waals surface area (Å²) in [5.74, 6) is 1.60. The number of piperazine rings is 1. The lowest BCUT2D eigenvalue weighted by Gasteiger charge is -2.44. The molecule has 0 spiro atoms. The SMILES string of the molecule is Cn1nc(N2CCC(=O)NC2=O)c2ccc(N3CCC(CN4C5CCC4CN(c4cccc(S(=O)N6CCC(Nc7ncc(Cl)cn7)CC6)c4)C5)CC3)cc21. The van der Waals surface area contributed by atoms with E-state index >= 15 is 0 Å².